The number of amides is 1. The van der Waals surface area contributed by atoms with Crippen LogP contribution in [0.1, 0.15) is 0 Å². The Labute approximate surface area is 125 Å². The van der Waals surface area contributed by atoms with Gasteiger partial charge in [0.15, 0.2) is 5.75 Å². The number of nitrogens with one attached hydrogen (secondary N) is 2. The molecule has 0 spiro atoms. The standard InChI is InChI=1S/C12H16BrClN2O3/c1-18-4-3-15-7-11(17)16-10-6-8(14)5-9(13)12(10)19-2/h5-6,15H,3-4,7H2,1-2H3,(H,16,17). The molecule has 0 bridgehead atoms. The van der Waals surface area contributed by atoms with Gasteiger partial charge in [0, 0.05) is 18.7 Å². The largest absolute Gasteiger partial charge is 0.493 e. The van der Waals surface area contributed by atoms with Crippen LogP contribution in [0, 0.1) is 0 Å². The van der Waals surface area contributed by atoms with Crippen LogP contribution < -0.4 is 15.4 Å². The SMILES string of the molecule is COCCNCC(=O)Nc1cc(Cl)cc(Br)c1OC. The van der Waals surface area contributed by atoms with Crippen LogP contribution in [0.2, 0.25) is 5.02 Å². The number of hydrogen-bond donors (Lipinski definition) is 2. The highest BCUT2D eigenvalue weighted by Crippen LogP contribution is 2.36. The summed E-state index contributed by atoms with van der Waals surface area (Å²) in [6.45, 7) is 1.36. The molecule has 0 saturated heterocycles. The molecule has 106 valence electrons. The first-order valence-electron chi connectivity index (χ1n) is 5.61. The first kappa shape index (κ1) is 16.2. The summed E-state index contributed by atoms with van der Waals surface area (Å²) in [6.07, 6.45) is 0. The molecule has 0 saturated carbocycles. The molecule has 0 heterocycles. The third kappa shape index (κ3) is 5.36. The molecular formula is C12H16BrClN2O3. The molecule has 0 aromatic heterocycles. The lowest BCUT2D eigenvalue weighted by molar-refractivity contribution is -0.115. The summed E-state index contributed by atoms with van der Waals surface area (Å²) in [5.74, 6) is 0.359. The average molecular weight is 352 g/mol. The zero-order chi connectivity index (χ0) is 14.3. The van der Waals surface area contributed by atoms with Crippen LogP contribution in [-0.2, 0) is 9.53 Å². The predicted molar refractivity (Wildman–Crippen MR) is 79.1 cm³/mol. The molecule has 0 fully saturated rings. The van der Waals surface area contributed by atoms with E-state index in [4.69, 9.17) is 21.1 Å². The van der Waals surface area contributed by atoms with Crippen molar-refractivity contribution in [2.45, 2.75) is 0 Å². The normalized spacial score (nSPS) is 10.3. The minimum atomic E-state index is -0.177. The quantitative estimate of drug-likeness (QED) is 0.740. The van der Waals surface area contributed by atoms with Gasteiger partial charge in [-0.25, -0.2) is 0 Å². The lowest BCUT2D eigenvalue weighted by Gasteiger charge is -2.12. The molecule has 0 unspecified atom stereocenters. The van der Waals surface area contributed by atoms with Crippen LogP contribution in [0.25, 0.3) is 0 Å². The maximum absolute atomic E-state index is 11.7. The molecule has 19 heavy (non-hydrogen) atoms. The zero-order valence-corrected chi connectivity index (χ0v) is 13.1. The van der Waals surface area contributed by atoms with E-state index in [0.29, 0.717) is 34.1 Å². The Balaban J connectivity index is 2.63. The Hall–Kier alpha value is -0.820. The second-order valence-corrected chi connectivity index (χ2v) is 4.98. The van der Waals surface area contributed by atoms with Crippen molar-refractivity contribution in [2.75, 3.05) is 39.2 Å². The number of halogens is 2. The molecule has 0 aliphatic heterocycles. The van der Waals surface area contributed by atoms with Crippen molar-refractivity contribution in [3.8, 4) is 5.75 Å². The fraction of sp³-hybridized carbons (Fsp3) is 0.417. The highest BCUT2D eigenvalue weighted by molar-refractivity contribution is 9.10. The topological polar surface area (TPSA) is 59.6 Å². The van der Waals surface area contributed by atoms with Gasteiger partial charge in [-0.2, -0.15) is 0 Å². The van der Waals surface area contributed by atoms with E-state index in [-0.39, 0.29) is 12.5 Å². The van der Waals surface area contributed by atoms with E-state index in [9.17, 15) is 4.79 Å². The minimum Gasteiger partial charge on any atom is -0.493 e. The van der Waals surface area contributed by atoms with Crippen LogP contribution in [0.3, 0.4) is 0 Å². The number of carbonyl (C=O) groups is 1. The van der Waals surface area contributed by atoms with Crippen LogP contribution in [0.4, 0.5) is 5.69 Å². The number of rotatable bonds is 7. The molecule has 0 aliphatic carbocycles. The lowest BCUT2D eigenvalue weighted by atomic mass is 10.3. The Kier molecular flexibility index (Phi) is 7.15. The zero-order valence-electron chi connectivity index (χ0n) is 10.8. The van der Waals surface area contributed by atoms with Gasteiger partial charge in [0.05, 0.1) is 30.4 Å². The molecule has 1 rings (SSSR count). The van der Waals surface area contributed by atoms with E-state index in [1.807, 2.05) is 0 Å². The molecule has 5 nitrogen and oxygen atoms in total. The highest BCUT2D eigenvalue weighted by atomic mass is 79.9. The number of carbonyl (C=O) groups excluding carboxylic acids is 1. The molecule has 2 N–H and O–H groups in total. The molecule has 0 atom stereocenters. The van der Waals surface area contributed by atoms with Crippen molar-refractivity contribution < 1.29 is 14.3 Å². The van der Waals surface area contributed by atoms with Gasteiger partial charge in [0.1, 0.15) is 0 Å². The first-order valence-corrected chi connectivity index (χ1v) is 6.78. The van der Waals surface area contributed by atoms with Gasteiger partial charge in [0.2, 0.25) is 5.91 Å². The Bertz CT molecular complexity index is 443. The van der Waals surface area contributed by atoms with Crippen molar-refractivity contribution in [3.05, 3.63) is 21.6 Å². The van der Waals surface area contributed by atoms with E-state index in [0.717, 1.165) is 0 Å². The lowest BCUT2D eigenvalue weighted by Crippen LogP contribution is -2.30. The molecule has 0 aliphatic rings. The number of hydrogen-bond acceptors (Lipinski definition) is 4. The van der Waals surface area contributed by atoms with Gasteiger partial charge in [-0.15, -0.1) is 0 Å². The number of anilines is 1. The molecule has 1 aromatic carbocycles. The van der Waals surface area contributed by atoms with Gasteiger partial charge < -0.3 is 20.1 Å². The van der Waals surface area contributed by atoms with Gasteiger partial charge in [-0.1, -0.05) is 11.6 Å². The van der Waals surface area contributed by atoms with E-state index in [2.05, 4.69) is 26.6 Å². The molecular weight excluding hydrogens is 336 g/mol. The first-order chi connectivity index (χ1) is 9.08. The Morgan fingerprint density at radius 3 is 2.79 bits per heavy atom. The number of methoxy groups -OCH3 is 2. The fourth-order valence-electron chi connectivity index (χ4n) is 1.43. The number of ether oxygens (including phenoxy) is 2. The third-order valence-electron chi connectivity index (χ3n) is 2.26. The second kappa shape index (κ2) is 8.37. The van der Waals surface area contributed by atoms with Gasteiger partial charge in [-0.3, -0.25) is 4.79 Å². The van der Waals surface area contributed by atoms with Gasteiger partial charge >= 0.3 is 0 Å². The van der Waals surface area contributed by atoms with E-state index in [1.54, 1.807) is 19.2 Å². The molecule has 7 heteroatoms. The second-order valence-electron chi connectivity index (χ2n) is 3.69. The third-order valence-corrected chi connectivity index (χ3v) is 3.06. The van der Waals surface area contributed by atoms with Crippen molar-refractivity contribution in [1.82, 2.24) is 5.32 Å². The van der Waals surface area contributed by atoms with Crippen molar-refractivity contribution in [1.29, 1.82) is 0 Å². The van der Waals surface area contributed by atoms with Gasteiger partial charge in [0.25, 0.3) is 0 Å². The van der Waals surface area contributed by atoms with Crippen LogP contribution >= 0.6 is 27.5 Å². The van der Waals surface area contributed by atoms with Crippen LogP contribution in [-0.4, -0.2) is 39.8 Å². The van der Waals surface area contributed by atoms with Crippen LogP contribution in [0.5, 0.6) is 5.75 Å². The molecule has 1 amide bonds. The Morgan fingerprint density at radius 2 is 2.16 bits per heavy atom. The monoisotopic (exact) mass is 350 g/mol. The summed E-state index contributed by atoms with van der Waals surface area (Å²) in [5, 5.41) is 6.20. The summed E-state index contributed by atoms with van der Waals surface area (Å²) < 4.78 is 10.8. The van der Waals surface area contributed by atoms with E-state index in [1.165, 1.54) is 7.11 Å². The predicted octanol–water partition coefficient (Wildman–Crippen LogP) is 2.29. The average Bonchev–Trinajstić information content (AvgIpc) is 2.34. The Morgan fingerprint density at radius 1 is 1.42 bits per heavy atom. The fourth-order valence-corrected chi connectivity index (χ4v) is 2.40. The molecule has 1 aromatic rings. The van der Waals surface area contributed by atoms with E-state index >= 15 is 0 Å². The van der Waals surface area contributed by atoms with E-state index < -0.39 is 0 Å². The maximum Gasteiger partial charge on any atom is 0.238 e. The molecule has 0 radical (unpaired) electrons. The maximum atomic E-state index is 11.7. The summed E-state index contributed by atoms with van der Waals surface area (Å²) in [4.78, 5) is 11.7. The highest BCUT2D eigenvalue weighted by Gasteiger charge is 2.12. The van der Waals surface area contributed by atoms with Crippen molar-refractivity contribution in [3.63, 3.8) is 0 Å². The number of benzene rings is 1. The van der Waals surface area contributed by atoms with Crippen molar-refractivity contribution in [2.24, 2.45) is 0 Å². The summed E-state index contributed by atoms with van der Waals surface area (Å²) in [7, 11) is 3.14. The summed E-state index contributed by atoms with van der Waals surface area (Å²) in [5.41, 5.74) is 0.528. The minimum absolute atomic E-state index is 0.177. The summed E-state index contributed by atoms with van der Waals surface area (Å²) in [6, 6.07) is 3.34. The smallest absolute Gasteiger partial charge is 0.238 e. The van der Waals surface area contributed by atoms with Crippen molar-refractivity contribution >= 4 is 39.1 Å². The summed E-state index contributed by atoms with van der Waals surface area (Å²) >= 11 is 9.27. The van der Waals surface area contributed by atoms with Gasteiger partial charge in [-0.05, 0) is 28.1 Å². The van der Waals surface area contributed by atoms with Crippen LogP contribution in [0.15, 0.2) is 16.6 Å².